The summed E-state index contributed by atoms with van der Waals surface area (Å²) in [6.45, 7) is 1.84. The van der Waals surface area contributed by atoms with Gasteiger partial charge in [-0.2, -0.15) is 0 Å². The smallest absolute Gasteiger partial charge is 0.545 e. The zero-order valence-corrected chi connectivity index (χ0v) is 23.9. The van der Waals surface area contributed by atoms with Crippen molar-refractivity contribution >= 4 is 35.1 Å². The van der Waals surface area contributed by atoms with Crippen molar-refractivity contribution in [3.05, 3.63) is 101 Å². The van der Waals surface area contributed by atoms with E-state index >= 15 is 0 Å². The van der Waals surface area contributed by atoms with Crippen molar-refractivity contribution in [3.63, 3.8) is 0 Å². The SMILES string of the molecule is O=C(COCC(=O)N1CCN(C(c2ccccc2)c2ccccc2)CC1)Nc1ccc(Cl)cc1C(=O)[O-].[Na+]. The van der Waals surface area contributed by atoms with Gasteiger partial charge in [0.25, 0.3) is 0 Å². The quantitative estimate of drug-likeness (QED) is 0.369. The average Bonchev–Trinajstić information content (AvgIpc) is 2.91. The Hall–Kier alpha value is -2.72. The van der Waals surface area contributed by atoms with Crippen LogP contribution in [0.4, 0.5) is 5.69 Å². The number of ether oxygens (including phenoxy) is 1. The van der Waals surface area contributed by atoms with Crippen molar-refractivity contribution < 1.29 is 53.8 Å². The zero-order valence-electron chi connectivity index (χ0n) is 21.1. The molecule has 0 saturated carbocycles. The first kappa shape index (κ1) is 29.8. The van der Waals surface area contributed by atoms with E-state index < -0.39 is 18.5 Å². The predicted octanol–water partition coefficient (Wildman–Crippen LogP) is -0.404. The number of aromatic carboxylic acids is 1. The summed E-state index contributed by atoms with van der Waals surface area (Å²) in [7, 11) is 0. The molecule has 0 radical (unpaired) electrons. The molecule has 1 aliphatic heterocycles. The van der Waals surface area contributed by atoms with Gasteiger partial charge in [0, 0.05) is 42.5 Å². The van der Waals surface area contributed by atoms with Crippen LogP contribution in [-0.2, 0) is 14.3 Å². The third kappa shape index (κ3) is 7.89. The van der Waals surface area contributed by atoms with Crippen LogP contribution in [0.25, 0.3) is 0 Å². The second-order valence-corrected chi connectivity index (χ2v) is 9.10. The van der Waals surface area contributed by atoms with E-state index in [9.17, 15) is 19.5 Å². The Morgan fingerprint density at radius 2 is 1.45 bits per heavy atom. The molecule has 1 N–H and O–H groups in total. The van der Waals surface area contributed by atoms with Crippen LogP contribution in [0.3, 0.4) is 0 Å². The summed E-state index contributed by atoms with van der Waals surface area (Å²) in [5.74, 6) is -2.25. The number of anilines is 1. The third-order valence-electron chi connectivity index (χ3n) is 6.20. The van der Waals surface area contributed by atoms with Crippen molar-refractivity contribution in [2.45, 2.75) is 6.04 Å². The van der Waals surface area contributed by atoms with Crippen LogP contribution >= 0.6 is 11.6 Å². The van der Waals surface area contributed by atoms with Gasteiger partial charge in [-0.25, -0.2) is 0 Å². The molecule has 192 valence electrons. The van der Waals surface area contributed by atoms with E-state index in [4.69, 9.17) is 16.3 Å². The molecular formula is C28H27ClN3NaO5. The number of piperazine rings is 1. The minimum Gasteiger partial charge on any atom is -0.545 e. The molecular weight excluding hydrogens is 517 g/mol. The number of carboxylic acids is 1. The Morgan fingerprint density at radius 3 is 2.00 bits per heavy atom. The Bertz CT molecular complexity index is 1200. The Labute approximate surface area is 248 Å². The van der Waals surface area contributed by atoms with Crippen molar-refractivity contribution in [1.82, 2.24) is 9.80 Å². The Balaban J connectivity index is 0.00000400. The van der Waals surface area contributed by atoms with Crippen LogP contribution in [0.15, 0.2) is 78.9 Å². The molecule has 10 heteroatoms. The van der Waals surface area contributed by atoms with E-state index in [0.717, 1.165) is 0 Å². The van der Waals surface area contributed by atoms with E-state index in [1.54, 1.807) is 4.90 Å². The third-order valence-corrected chi connectivity index (χ3v) is 6.43. The van der Waals surface area contributed by atoms with Crippen molar-refractivity contribution in [3.8, 4) is 0 Å². The monoisotopic (exact) mass is 543 g/mol. The van der Waals surface area contributed by atoms with Crippen LogP contribution in [0.1, 0.15) is 27.5 Å². The maximum atomic E-state index is 12.7. The number of rotatable bonds is 9. The number of carbonyl (C=O) groups excluding carboxylic acids is 3. The molecule has 1 saturated heterocycles. The van der Waals surface area contributed by atoms with E-state index in [-0.39, 0.29) is 64.4 Å². The molecule has 0 unspecified atom stereocenters. The van der Waals surface area contributed by atoms with Gasteiger partial charge in [-0.05, 0) is 29.3 Å². The van der Waals surface area contributed by atoms with Crippen LogP contribution in [-0.4, -0.2) is 67.0 Å². The fourth-order valence-corrected chi connectivity index (χ4v) is 4.59. The van der Waals surface area contributed by atoms with Gasteiger partial charge < -0.3 is 24.9 Å². The van der Waals surface area contributed by atoms with E-state index in [1.807, 2.05) is 36.4 Å². The summed E-state index contributed by atoms with van der Waals surface area (Å²) in [6, 6.07) is 24.7. The fourth-order valence-electron chi connectivity index (χ4n) is 4.42. The van der Waals surface area contributed by atoms with Crippen LogP contribution in [0.2, 0.25) is 5.02 Å². The second-order valence-electron chi connectivity index (χ2n) is 8.66. The number of halogens is 1. The Kier molecular flexibility index (Phi) is 11.3. The summed E-state index contributed by atoms with van der Waals surface area (Å²) in [5.41, 5.74) is 2.21. The molecule has 1 fully saturated rings. The number of nitrogens with zero attached hydrogens (tertiary/aromatic N) is 2. The van der Waals surface area contributed by atoms with Crippen molar-refractivity contribution in [1.29, 1.82) is 0 Å². The average molecular weight is 544 g/mol. The normalized spacial score (nSPS) is 13.6. The number of carboxylic acid groups (broad SMARTS) is 1. The molecule has 4 rings (SSSR count). The van der Waals surface area contributed by atoms with Crippen molar-refractivity contribution in [2.75, 3.05) is 44.7 Å². The molecule has 0 spiro atoms. The summed E-state index contributed by atoms with van der Waals surface area (Å²) in [5, 5.41) is 13.9. The summed E-state index contributed by atoms with van der Waals surface area (Å²) in [4.78, 5) is 40.2. The van der Waals surface area contributed by atoms with Gasteiger partial charge in [0.1, 0.15) is 13.2 Å². The fraction of sp³-hybridized carbons (Fsp3) is 0.250. The van der Waals surface area contributed by atoms with Gasteiger partial charge in [-0.15, -0.1) is 0 Å². The molecule has 1 heterocycles. The molecule has 0 aromatic heterocycles. The number of amides is 2. The summed E-state index contributed by atoms with van der Waals surface area (Å²) >= 11 is 5.80. The number of carbonyl (C=O) groups is 3. The second kappa shape index (κ2) is 14.4. The van der Waals surface area contributed by atoms with Crippen molar-refractivity contribution in [2.24, 2.45) is 0 Å². The topological polar surface area (TPSA) is 102 Å². The van der Waals surface area contributed by atoms with Crippen LogP contribution in [0, 0.1) is 0 Å². The zero-order chi connectivity index (χ0) is 26.2. The molecule has 38 heavy (non-hydrogen) atoms. The maximum Gasteiger partial charge on any atom is 1.00 e. The number of nitrogens with one attached hydrogen (secondary N) is 1. The molecule has 2 amide bonds. The Morgan fingerprint density at radius 1 is 0.868 bits per heavy atom. The van der Waals surface area contributed by atoms with Gasteiger partial charge in [0.2, 0.25) is 11.8 Å². The van der Waals surface area contributed by atoms with Gasteiger partial charge in [0.05, 0.1) is 12.0 Å². The summed E-state index contributed by atoms with van der Waals surface area (Å²) in [6.07, 6.45) is 0. The number of hydrogen-bond acceptors (Lipinski definition) is 6. The molecule has 3 aromatic rings. The molecule has 1 aliphatic rings. The first-order valence-electron chi connectivity index (χ1n) is 11.9. The van der Waals surface area contributed by atoms with Gasteiger partial charge in [0.15, 0.2) is 0 Å². The molecule has 8 nitrogen and oxygen atoms in total. The van der Waals surface area contributed by atoms with Crippen LogP contribution in [0.5, 0.6) is 0 Å². The van der Waals surface area contributed by atoms with E-state index in [0.29, 0.717) is 26.2 Å². The van der Waals surface area contributed by atoms with Gasteiger partial charge in [-0.1, -0.05) is 72.3 Å². The largest absolute Gasteiger partial charge is 1.00 e. The summed E-state index contributed by atoms with van der Waals surface area (Å²) < 4.78 is 5.31. The van der Waals surface area contributed by atoms with E-state index in [2.05, 4.69) is 34.5 Å². The molecule has 0 aliphatic carbocycles. The maximum absolute atomic E-state index is 12.7. The minimum absolute atomic E-state index is 0. The first-order valence-corrected chi connectivity index (χ1v) is 12.3. The number of benzene rings is 3. The van der Waals surface area contributed by atoms with Crippen LogP contribution < -0.4 is 40.0 Å². The van der Waals surface area contributed by atoms with Gasteiger partial charge in [-0.3, -0.25) is 14.5 Å². The molecule has 0 atom stereocenters. The minimum atomic E-state index is -1.46. The van der Waals surface area contributed by atoms with E-state index in [1.165, 1.54) is 29.3 Å². The number of hydrogen-bond donors (Lipinski definition) is 1. The van der Waals surface area contributed by atoms with Gasteiger partial charge >= 0.3 is 29.6 Å². The molecule has 0 bridgehead atoms. The predicted molar refractivity (Wildman–Crippen MR) is 138 cm³/mol. The molecule has 3 aromatic carbocycles. The standard InChI is InChI=1S/C28H28ClN3O5.Na/c29-22-11-12-24(23(17-22)28(35)36)30-25(33)18-37-19-26(34)31-13-15-32(16-14-31)27(20-7-3-1-4-8-20)21-9-5-2-6-10-21;/h1-12,17,27H,13-16,18-19H2,(H,30,33)(H,35,36);/q;+1/p-1. The first-order chi connectivity index (χ1) is 17.9.